The molecule has 1 unspecified atom stereocenters. The number of hydrogen-bond acceptors (Lipinski definition) is 4. The number of aromatic nitrogens is 2. The van der Waals surface area contributed by atoms with Gasteiger partial charge in [0.1, 0.15) is 23.7 Å². The number of nitrogens with zero attached hydrogens (tertiary/aromatic N) is 3. The molecule has 2 N–H and O–H groups in total. The van der Waals surface area contributed by atoms with Crippen molar-refractivity contribution < 1.29 is 23.2 Å². The summed E-state index contributed by atoms with van der Waals surface area (Å²) >= 11 is 0. The number of imidazole rings is 1. The second-order valence-corrected chi connectivity index (χ2v) is 7.49. The van der Waals surface area contributed by atoms with E-state index in [4.69, 9.17) is 0 Å². The van der Waals surface area contributed by atoms with E-state index >= 15 is 0 Å². The molecule has 0 spiro atoms. The molecule has 3 aromatic rings. The van der Waals surface area contributed by atoms with Gasteiger partial charge in [0, 0.05) is 18.9 Å². The predicted octanol–water partition coefficient (Wildman–Crippen LogP) is 2.23. The van der Waals surface area contributed by atoms with E-state index in [2.05, 4.69) is 15.6 Å². The van der Waals surface area contributed by atoms with E-state index in [0.717, 1.165) is 4.90 Å². The summed E-state index contributed by atoms with van der Waals surface area (Å²) in [7, 11) is 0. The Morgan fingerprint density at radius 3 is 2.56 bits per heavy atom. The van der Waals surface area contributed by atoms with Crippen molar-refractivity contribution in [3.63, 3.8) is 0 Å². The quantitative estimate of drug-likeness (QED) is 0.576. The molecule has 1 saturated heterocycles. The van der Waals surface area contributed by atoms with Crippen LogP contribution in [-0.4, -0.2) is 38.8 Å². The molecule has 0 radical (unpaired) electrons. The molecule has 4 rings (SSSR count). The fourth-order valence-electron chi connectivity index (χ4n) is 3.49. The van der Waals surface area contributed by atoms with Crippen molar-refractivity contribution in [2.24, 2.45) is 0 Å². The van der Waals surface area contributed by atoms with Gasteiger partial charge in [0.2, 0.25) is 5.91 Å². The fourth-order valence-corrected chi connectivity index (χ4v) is 3.49. The average molecular weight is 439 g/mol. The Bertz CT molecular complexity index is 1180. The number of carbonyl (C=O) groups excluding carboxylic acids is 3. The number of imide groups is 1. The van der Waals surface area contributed by atoms with Crippen molar-refractivity contribution >= 4 is 17.8 Å². The molecule has 10 heteroatoms. The lowest BCUT2D eigenvalue weighted by molar-refractivity contribution is -0.134. The number of hydrogen-bond donors (Lipinski definition) is 2. The number of amides is 4. The van der Waals surface area contributed by atoms with Gasteiger partial charge in [0.15, 0.2) is 0 Å². The summed E-state index contributed by atoms with van der Waals surface area (Å²) < 4.78 is 29.1. The third kappa shape index (κ3) is 3.94. The standard InChI is InChI=1S/C22H19F2N5O3/c1-22(15-3-5-16(23)6-4-15)20(31)29(21(32)27-22)12-19(30)26-11-14-2-7-18(17(24)10-14)28-9-8-25-13-28/h2-10,13H,11-12H2,1H3,(H,26,30)(H,27,32). The van der Waals surface area contributed by atoms with E-state index in [1.54, 1.807) is 18.3 Å². The van der Waals surface area contributed by atoms with Crippen LogP contribution in [0.4, 0.5) is 13.6 Å². The molecular formula is C22H19F2N5O3. The Morgan fingerprint density at radius 1 is 1.16 bits per heavy atom. The van der Waals surface area contributed by atoms with Crippen molar-refractivity contribution in [1.29, 1.82) is 0 Å². The van der Waals surface area contributed by atoms with Gasteiger partial charge in [-0.25, -0.2) is 18.6 Å². The monoisotopic (exact) mass is 439 g/mol. The summed E-state index contributed by atoms with van der Waals surface area (Å²) in [5, 5.41) is 5.12. The van der Waals surface area contributed by atoms with Crippen LogP contribution in [0.5, 0.6) is 0 Å². The zero-order chi connectivity index (χ0) is 22.9. The number of urea groups is 1. The van der Waals surface area contributed by atoms with Gasteiger partial charge in [-0.3, -0.25) is 14.5 Å². The minimum absolute atomic E-state index is 0.0127. The predicted molar refractivity (Wildman–Crippen MR) is 109 cm³/mol. The maximum absolute atomic E-state index is 14.3. The van der Waals surface area contributed by atoms with Crippen LogP contribution in [0.25, 0.3) is 5.69 Å². The molecule has 164 valence electrons. The van der Waals surface area contributed by atoms with E-state index < -0.39 is 41.6 Å². The molecule has 4 amide bonds. The molecule has 0 bridgehead atoms. The largest absolute Gasteiger partial charge is 0.350 e. The fraction of sp³-hybridized carbons (Fsp3) is 0.182. The van der Waals surface area contributed by atoms with Crippen molar-refractivity contribution in [2.75, 3.05) is 6.54 Å². The van der Waals surface area contributed by atoms with Crippen LogP contribution < -0.4 is 10.6 Å². The SMILES string of the molecule is CC1(c2ccc(F)cc2)NC(=O)N(CC(=O)NCc2ccc(-n3ccnc3)c(F)c2)C1=O. The van der Waals surface area contributed by atoms with Crippen molar-refractivity contribution in [1.82, 2.24) is 25.1 Å². The van der Waals surface area contributed by atoms with Crippen molar-refractivity contribution in [3.8, 4) is 5.69 Å². The van der Waals surface area contributed by atoms with Crippen LogP contribution in [0.3, 0.4) is 0 Å². The third-order valence-electron chi connectivity index (χ3n) is 5.28. The third-order valence-corrected chi connectivity index (χ3v) is 5.28. The van der Waals surface area contributed by atoms with E-state index in [1.165, 1.54) is 54.3 Å². The summed E-state index contributed by atoms with van der Waals surface area (Å²) in [6.45, 7) is 0.999. The normalized spacial score (nSPS) is 18.0. The van der Waals surface area contributed by atoms with E-state index in [9.17, 15) is 23.2 Å². The topological polar surface area (TPSA) is 96.3 Å². The highest BCUT2D eigenvalue weighted by molar-refractivity contribution is 6.09. The first-order valence-corrected chi connectivity index (χ1v) is 9.71. The zero-order valence-electron chi connectivity index (χ0n) is 17.0. The van der Waals surface area contributed by atoms with Crippen LogP contribution in [0.1, 0.15) is 18.1 Å². The summed E-state index contributed by atoms with van der Waals surface area (Å²) in [6, 6.07) is 8.95. The highest BCUT2D eigenvalue weighted by Gasteiger charge is 2.49. The van der Waals surface area contributed by atoms with Gasteiger partial charge in [0.25, 0.3) is 5.91 Å². The molecule has 0 saturated carbocycles. The molecule has 8 nitrogen and oxygen atoms in total. The van der Waals surface area contributed by atoms with Gasteiger partial charge in [-0.1, -0.05) is 18.2 Å². The summed E-state index contributed by atoms with van der Waals surface area (Å²) in [4.78, 5) is 42.2. The maximum Gasteiger partial charge on any atom is 0.325 e. The van der Waals surface area contributed by atoms with E-state index in [1.807, 2.05) is 0 Å². The van der Waals surface area contributed by atoms with Gasteiger partial charge in [-0.2, -0.15) is 0 Å². The van der Waals surface area contributed by atoms with Crippen LogP contribution in [-0.2, 0) is 21.7 Å². The number of carbonyl (C=O) groups is 3. The minimum Gasteiger partial charge on any atom is -0.350 e. The average Bonchev–Trinajstić information content (AvgIpc) is 3.36. The highest BCUT2D eigenvalue weighted by atomic mass is 19.1. The first-order chi connectivity index (χ1) is 15.3. The molecule has 0 aliphatic carbocycles. The van der Waals surface area contributed by atoms with Gasteiger partial charge >= 0.3 is 6.03 Å². The van der Waals surface area contributed by atoms with E-state index in [0.29, 0.717) is 16.8 Å². The van der Waals surface area contributed by atoms with Crippen molar-refractivity contribution in [3.05, 3.63) is 83.9 Å². The summed E-state index contributed by atoms with van der Waals surface area (Å²) in [5.41, 5.74) is -0.184. The first-order valence-electron chi connectivity index (χ1n) is 9.71. The maximum atomic E-state index is 14.3. The van der Waals surface area contributed by atoms with E-state index in [-0.39, 0.29) is 6.54 Å². The number of rotatable bonds is 6. The smallest absolute Gasteiger partial charge is 0.325 e. The Kier molecular flexibility index (Phi) is 5.43. The second kappa shape index (κ2) is 8.22. The number of nitrogens with one attached hydrogen (secondary N) is 2. The van der Waals surface area contributed by atoms with Crippen LogP contribution in [0, 0.1) is 11.6 Å². The number of halogens is 2. The highest BCUT2D eigenvalue weighted by Crippen LogP contribution is 2.28. The second-order valence-electron chi connectivity index (χ2n) is 7.49. The number of benzene rings is 2. The summed E-state index contributed by atoms with van der Waals surface area (Å²) in [6.07, 6.45) is 4.61. The molecule has 1 aliphatic heterocycles. The Labute approximate surface area is 181 Å². The molecule has 1 aromatic heterocycles. The summed E-state index contributed by atoms with van der Waals surface area (Å²) in [5.74, 6) is -2.17. The molecular weight excluding hydrogens is 420 g/mol. The van der Waals surface area contributed by atoms with Crippen LogP contribution in [0.15, 0.2) is 61.2 Å². The molecule has 1 fully saturated rings. The molecule has 2 heterocycles. The van der Waals surface area contributed by atoms with Crippen LogP contribution in [0.2, 0.25) is 0 Å². The zero-order valence-corrected chi connectivity index (χ0v) is 17.0. The van der Waals surface area contributed by atoms with Crippen LogP contribution >= 0.6 is 0 Å². The molecule has 1 aliphatic rings. The van der Waals surface area contributed by atoms with Gasteiger partial charge in [-0.05, 0) is 42.3 Å². The Hall–Kier alpha value is -4.08. The minimum atomic E-state index is -1.41. The lowest BCUT2D eigenvalue weighted by Crippen LogP contribution is -2.43. The first kappa shape index (κ1) is 21.2. The van der Waals surface area contributed by atoms with Crippen molar-refractivity contribution in [2.45, 2.75) is 19.0 Å². The lowest BCUT2D eigenvalue weighted by atomic mass is 9.92. The van der Waals surface area contributed by atoms with Gasteiger partial charge in [-0.15, -0.1) is 0 Å². The molecule has 1 atom stereocenters. The Morgan fingerprint density at radius 2 is 1.91 bits per heavy atom. The lowest BCUT2D eigenvalue weighted by Gasteiger charge is -2.22. The molecule has 32 heavy (non-hydrogen) atoms. The Balaban J connectivity index is 1.39. The van der Waals surface area contributed by atoms with Gasteiger partial charge < -0.3 is 15.2 Å². The molecule has 2 aromatic carbocycles. The van der Waals surface area contributed by atoms with Gasteiger partial charge in [0.05, 0.1) is 12.0 Å².